The summed E-state index contributed by atoms with van der Waals surface area (Å²) in [6, 6.07) is 4.15. The minimum Gasteiger partial charge on any atom is -0.481 e. The van der Waals surface area contributed by atoms with Crippen molar-refractivity contribution in [3.63, 3.8) is 0 Å². The number of hydrogen-bond donors (Lipinski definition) is 1. The average molecular weight is 234 g/mol. The summed E-state index contributed by atoms with van der Waals surface area (Å²) in [5.41, 5.74) is 4.41. The highest BCUT2D eigenvalue weighted by Gasteiger charge is 2.22. The Morgan fingerprint density at radius 2 is 1.76 bits per heavy atom. The van der Waals surface area contributed by atoms with Crippen molar-refractivity contribution in [2.45, 2.75) is 52.9 Å². The van der Waals surface area contributed by atoms with Crippen LogP contribution in [-0.4, -0.2) is 11.1 Å². The lowest BCUT2D eigenvalue weighted by atomic mass is 9.86. The van der Waals surface area contributed by atoms with E-state index in [1.165, 1.54) is 5.56 Å². The highest BCUT2D eigenvalue weighted by molar-refractivity contribution is 5.77. The third-order valence-corrected chi connectivity index (χ3v) is 3.23. The predicted octanol–water partition coefficient (Wildman–Crippen LogP) is 3.97. The van der Waals surface area contributed by atoms with Crippen molar-refractivity contribution in [3.8, 4) is 0 Å². The number of rotatable bonds is 5. The van der Waals surface area contributed by atoms with Gasteiger partial charge in [-0.15, -0.1) is 0 Å². The van der Waals surface area contributed by atoms with Crippen LogP contribution in [0.4, 0.5) is 0 Å². The van der Waals surface area contributed by atoms with Gasteiger partial charge in [0.2, 0.25) is 0 Å². The third-order valence-electron chi connectivity index (χ3n) is 3.23. The number of carboxylic acid groups (broad SMARTS) is 1. The van der Waals surface area contributed by atoms with Crippen LogP contribution in [-0.2, 0) is 4.79 Å². The van der Waals surface area contributed by atoms with Gasteiger partial charge < -0.3 is 5.11 Å². The molecule has 0 bridgehead atoms. The van der Waals surface area contributed by atoms with E-state index in [4.69, 9.17) is 0 Å². The SMILES string of the molecule is CCCCC(C(=O)O)c1c(C)cc(C)cc1C. The zero-order valence-corrected chi connectivity index (χ0v) is 11.2. The van der Waals surface area contributed by atoms with Gasteiger partial charge in [0.05, 0.1) is 5.92 Å². The molecule has 0 saturated heterocycles. The van der Waals surface area contributed by atoms with Crippen molar-refractivity contribution in [1.29, 1.82) is 0 Å². The maximum Gasteiger partial charge on any atom is 0.310 e. The van der Waals surface area contributed by atoms with E-state index >= 15 is 0 Å². The average Bonchev–Trinajstić information content (AvgIpc) is 2.20. The molecular formula is C15H22O2. The number of aliphatic carboxylic acids is 1. The molecule has 94 valence electrons. The van der Waals surface area contributed by atoms with E-state index in [0.717, 1.165) is 36.0 Å². The molecule has 17 heavy (non-hydrogen) atoms. The maximum atomic E-state index is 11.4. The molecule has 0 saturated carbocycles. The lowest BCUT2D eigenvalue weighted by Crippen LogP contribution is -2.14. The van der Waals surface area contributed by atoms with Crippen molar-refractivity contribution >= 4 is 5.97 Å². The number of unbranched alkanes of at least 4 members (excludes halogenated alkanes) is 1. The van der Waals surface area contributed by atoms with E-state index in [2.05, 4.69) is 19.1 Å². The van der Waals surface area contributed by atoms with Crippen LogP contribution in [0.5, 0.6) is 0 Å². The normalized spacial score (nSPS) is 12.5. The van der Waals surface area contributed by atoms with Gasteiger partial charge in [-0.05, 0) is 43.9 Å². The van der Waals surface area contributed by atoms with Crippen molar-refractivity contribution < 1.29 is 9.90 Å². The van der Waals surface area contributed by atoms with Crippen LogP contribution in [0.2, 0.25) is 0 Å². The summed E-state index contributed by atoms with van der Waals surface area (Å²) in [4.78, 5) is 11.4. The van der Waals surface area contributed by atoms with Crippen LogP contribution in [0.15, 0.2) is 12.1 Å². The van der Waals surface area contributed by atoms with Crippen molar-refractivity contribution in [1.82, 2.24) is 0 Å². The van der Waals surface area contributed by atoms with Gasteiger partial charge in [-0.3, -0.25) is 4.79 Å². The Hall–Kier alpha value is -1.31. The number of benzene rings is 1. The molecule has 2 heteroatoms. The predicted molar refractivity (Wildman–Crippen MR) is 70.6 cm³/mol. The van der Waals surface area contributed by atoms with E-state index in [9.17, 15) is 9.90 Å². The molecule has 0 spiro atoms. The number of carbonyl (C=O) groups is 1. The molecule has 0 fully saturated rings. The van der Waals surface area contributed by atoms with E-state index in [1.807, 2.05) is 20.8 Å². The molecule has 0 amide bonds. The van der Waals surface area contributed by atoms with Gasteiger partial charge in [-0.25, -0.2) is 0 Å². The topological polar surface area (TPSA) is 37.3 Å². The van der Waals surface area contributed by atoms with Crippen LogP contribution in [0.1, 0.15) is 54.4 Å². The Labute approximate surface area is 104 Å². The first kappa shape index (κ1) is 13.8. The van der Waals surface area contributed by atoms with Gasteiger partial charge >= 0.3 is 5.97 Å². The summed E-state index contributed by atoms with van der Waals surface area (Å²) in [6.45, 7) is 8.16. The second-order valence-electron chi connectivity index (χ2n) is 4.85. The molecule has 1 rings (SSSR count). The first-order valence-electron chi connectivity index (χ1n) is 6.28. The van der Waals surface area contributed by atoms with Gasteiger partial charge in [0.25, 0.3) is 0 Å². The van der Waals surface area contributed by atoms with Crippen molar-refractivity contribution in [2.75, 3.05) is 0 Å². The van der Waals surface area contributed by atoms with E-state index in [-0.39, 0.29) is 5.92 Å². The zero-order valence-electron chi connectivity index (χ0n) is 11.2. The second kappa shape index (κ2) is 5.85. The van der Waals surface area contributed by atoms with Crippen LogP contribution in [0, 0.1) is 20.8 Å². The third kappa shape index (κ3) is 3.32. The largest absolute Gasteiger partial charge is 0.481 e. The van der Waals surface area contributed by atoms with Gasteiger partial charge in [0, 0.05) is 0 Å². The molecule has 1 N–H and O–H groups in total. The lowest BCUT2D eigenvalue weighted by Gasteiger charge is -2.18. The summed E-state index contributed by atoms with van der Waals surface area (Å²) < 4.78 is 0. The molecule has 1 atom stereocenters. The molecule has 0 aromatic heterocycles. The fraction of sp³-hybridized carbons (Fsp3) is 0.533. The Morgan fingerprint density at radius 3 is 2.18 bits per heavy atom. The molecule has 2 nitrogen and oxygen atoms in total. The van der Waals surface area contributed by atoms with Crippen LogP contribution in [0.25, 0.3) is 0 Å². The molecular weight excluding hydrogens is 212 g/mol. The molecule has 0 heterocycles. The Kier molecular flexibility index (Phi) is 4.73. The molecule has 0 aliphatic carbocycles. The lowest BCUT2D eigenvalue weighted by molar-refractivity contribution is -0.139. The van der Waals surface area contributed by atoms with E-state index < -0.39 is 5.97 Å². The number of aryl methyl sites for hydroxylation is 3. The Bertz CT molecular complexity index is 384. The fourth-order valence-corrected chi connectivity index (χ4v) is 2.54. The Balaban J connectivity index is 3.14. The molecule has 0 aliphatic rings. The molecule has 0 radical (unpaired) electrons. The van der Waals surface area contributed by atoms with Crippen LogP contribution < -0.4 is 0 Å². The van der Waals surface area contributed by atoms with Crippen molar-refractivity contribution in [2.24, 2.45) is 0 Å². The quantitative estimate of drug-likeness (QED) is 0.837. The van der Waals surface area contributed by atoms with Gasteiger partial charge in [0.15, 0.2) is 0 Å². The zero-order chi connectivity index (χ0) is 13.0. The molecule has 1 unspecified atom stereocenters. The van der Waals surface area contributed by atoms with Crippen LogP contribution >= 0.6 is 0 Å². The number of hydrogen-bond acceptors (Lipinski definition) is 1. The van der Waals surface area contributed by atoms with Gasteiger partial charge in [-0.1, -0.05) is 37.5 Å². The Morgan fingerprint density at radius 1 is 1.24 bits per heavy atom. The highest BCUT2D eigenvalue weighted by Crippen LogP contribution is 2.29. The van der Waals surface area contributed by atoms with Crippen molar-refractivity contribution in [3.05, 3.63) is 34.4 Å². The van der Waals surface area contributed by atoms with E-state index in [1.54, 1.807) is 0 Å². The van der Waals surface area contributed by atoms with Crippen LogP contribution in [0.3, 0.4) is 0 Å². The molecule has 0 aliphatic heterocycles. The summed E-state index contributed by atoms with van der Waals surface area (Å²) in [7, 11) is 0. The minimum absolute atomic E-state index is 0.351. The first-order valence-corrected chi connectivity index (χ1v) is 6.28. The summed E-state index contributed by atoms with van der Waals surface area (Å²) in [5.74, 6) is -1.05. The minimum atomic E-state index is -0.700. The van der Waals surface area contributed by atoms with Gasteiger partial charge in [-0.2, -0.15) is 0 Å². The molecule has 1 aromatic carbocycles. The second-order valence-corrected chi connectivity index (χ2v) is 4.85. The van der Waals surface area contributed by atoms with E-state index in [0.29, 0.717) is 0 Å². The van der Waals surface area contributed by atoms with Gasteiger partial charge in [0.1, 0.15) is 0 Å². The first-order chi connectivity index (χ1) is 7.97. The standard InChI is InChI=1S/C15H22O2/c1-5-6-7-13(15(16)17)14-11(3)8-10(2)9-12(14)4/h8-9,13H,5-7H2,1-4H3,(H,16,17). The summed E-state index contributed by atoms with van der Waals surface area (Å²) in [6.07, 6.45) is 2.73. The summed E-state index contributed by atoms with van der Waals surface area (Å²) >= 11 is 0. The number of carboxylic acids is 1. The highest BCUT2D eigenvalue weighted by atomic mass is 16.4. The smallest absolute Gasteiger partial charge is 0.310 e. The molecule has 1 aromatic rings. The maximum absolute atomic E-state index is 11.4. The summed E-state index contributed by atoms with van der Waals surface area (Å²) in [5, 5.41) is 9.37. The fourth-order valence-electron chi connectivity index (χ4n) is 2.54. The monoisotopic (exact) mass is 234 g/mol.